The third-order valence-electron chi connectivity index (χ3n) is 3.40. The highest BCUT2D eigenvalue weighted by Crippen LogP contribution is 2.21. The number of hydrogen-bond acceptors (Lipinski definition) is 5. The average Bonchev–Trinajstić information content (AvgIpc) is 2.52. The minimum absolute atomic E-state index is 0.00765. The molecule has 2 rings (SSSR count). The molecule has 0 aliphatic carbocycles. The molecule has 0 radical (unpaired) electrons. The number of aliphatic hydroxyl groups excluding tert-OH is 1. The summed E-state index contributed by atoms with van der Waals surface area (Å²) >= 11 is 0. The van der Waals surface area contributed by atoms with Crippen molar-refractivity contribution in [2.24, 2.45) is 0 Å². The van der Waals surface area contributed by atoms with Gasteiger partial charge in [0.25, 0.3) is 0 Å². The van der Waals surface area contributed by atoms with Crippen LogP contribution >= 0.6 is 0 Å². The smallest absolute Gasteiger partial charge is 0.226 e. The van der Waals surface area contributed by atoms with Crippen LogP contribution in [0.1, 0.15) is 19.1 Å². The van der Waals surface area contributed by atoms with Gasteiger partial charge >= 0.3 is 0 Å². The average molecular weight is 289 g/mol. The maximum atomic E-state index is 11.5. The number of para-hydroxylation sites is 1. The second-order valence-electron chi connectivity index (χ2n) is 4.80. The van der Waals surface area contributed by atoms with E-state index in [9.17, 15) is 15.0 Å². The summed E-state index contributed by atoms with van der Waals surface area (Å²) in [5, 5.41) is 18.8. The molecule has 112 valence electrons. The van der Waals surface area contributed by atoms with Crippen molar-refractivity contribution in [1.29, 1.82) is 0 Å². The van der Waals surface area contributed by atoms with Crippen LogP contribution in [0.3, 0.4) is 0 Å². The fourth-order valence-electron chi connectivity index (χ4n) is 2.19. The van der Waals surface area contributed by atoms with Crippen LogP contribution in [0.25, 0.3) is 0 Å². The standard InChI is InChI=1S/C16H19NO4/c1-2-12(10-18)17(13-6-4-3-5-7-13)9-14-8-15(19)16(20)11-21-14/h3-8,11-12,18,20H,2,9-10H2,1H3. The van der Waals surface area contributed by atoms with E-state index in [0.717, 1.165) is 18.4 Å². The maximum absolute atomic E-state index is 11.5. The molecule has 1 unspecified atom stereocenters. The molecule has 0 saturated carbocycles. The Labute approximate surface area is 123 Å². The molecule has 0 aliphatic heterocycles. The van der Waals surface area contributed by atoms with Gasteiger partial charge in [0.05, 0.1) is 19.2 Å². The molecule has 1 aromatic heterocycles. The molecule has 5 heteroatoms. The summed E-state index contributed by atoms with van der Waals surface area (Å²) in [5.41, 5.74) is 0.468. The summed E-state index contributed by atoms with van der Waals surface area (Å²) in [5.74, 6) is 0.0350. The molecule has 5 nitrogen and oxygen atoms in total. The van der Waals surface area contributed by atoms with E-state index >= 15 is 0 Å². The van der Waals surface area contributed by atoms with Crippen LogP contribution in [0.5, 0.6) is 5.75 Å². The first-order valence-corrected chi connectivity index (χ1v) is 6.89. The van der Waals surface area contributed by atoms with Crippen LogP contribution in [0.15, 0.2) is 51.9 Å². The highest BCUT2D eigenvalue weighted by Gasteiger charge is 2.18. The monoisotopic (exact) mass is 289 g/mol. The fourth-order valence-corrected chi connectivity index (χ4v) is 2.19. The van der Waals surface area contributed by atoms with Crippen LogP contribution in [-0.2, 0) is 6.54 Å². The van der Waals surface area contributed by atoms with E-state index in [4.69, 9.17) is 4.42 Å². The molecule has 0 amide bonds. The van der Waals surface area contributed by atoms with Crippen molar-refractivity contribution < 1.29 is 14.6 Å². The zero-order valence-corrected chi connectivity index (χ0v) is 11.9. The van der Waals surface area contributed by atoms with Gasteiger partial charge in [-0.15, -0.1) is 0 Å². The van der Waals surface area contributed by atoms with E-state index in [0.29, 0.717) is 12.3 Å². The van der Waals surface area contributed by atoms with Gasteiger partial charge in [-0.3, -0.25) is 4.79 Å². The van der Waals surface area contributed by atoms with E-state index in [2.05, 4.69) is 0 Å². The molecular formula is C16H19NO4. The summed E-state index contributed by atoms with van der Waals surface area (Å²) in [6.45, 7) is 2.34. The summed E-state index contributed by atoms with van der Waals surface area (Å²) in [7, 11) is 0. The lowest BCUT2D eigenvalue weighted by atomic mass is 10.1. The van der Waals surface area contributed by atoms with Gasteiger partial charge in [-0.2, -0.15) is 0 Å². The number of benzene rings is 1. The molecular weight excluding hydrogens is 270 g/mol. The molecule has 1 atom stereocenters. The first kappa shape index (κ1) is 15.1. The molecule has 0 fully saturated rings. The normalized spacial score (nSPS) is 12.1. The Hall–Kier alpha value is -2.27. The lowest BCUT2D eigenvalue weighted by Crippen LogP contribution is -2.37. The van der Waals surface area contributed by atoms with Crippen LogP contribution in [0, 0.1) is 0 Å². The van der Waals surface area contributed by atoms with Gasteiger partial charge in [-0.1, -0.05) is 25.1 Å². The summed E-state index contributed by atoms with van der Waals surface area (Å²) < 4.78 is 5.26. The number of rotatable bonds is 6. The quantitative estimate of drug-likeness (QED) is 0.852. The number of anilines is 1. The summed E-state index contributed by atoms with van der Waals surface area (Å²) in [6.07, 6.45) is 1.80. The Balaban J connectivity index is 2.31. The van der Waals surface area contributed by atoms with Crippen LogP contribution < -0.4 is 10.3 Å². The van der Waals surface area contributed by atoms with Crippen molar-refractivity contribution in [1.82, 2.24) is 0 Å². The lowest BCUT2D eigenvalue weighted by Gasteiger charge is -2.31. The Bertz CT molecular complexity index is 620. The second-order valence-corrected chi connectivity index (χ2v) is 4.80. The van der Waals surface area contributed by atoms with Gasteiger partial charge < -0.3 is 19.5 Å². The van der Waals surface area contributed by atoms with Gasteiger partial charge in [0.15, 0.2) is 5.75 Å². The van der Waals surface area contributed by atoms with Crippen molar-refractivity contribution in [2.45, 2.75) is 25.9 Å². The van der Waals surface area contributed by atoms with E-state index in [1.54, 1.807) is 0 Å². The summed E-state index contributed by atoms with van der Waals surface area (Å²) in [4.78, 5) is 13.5. The van der Waals surface area contributed by atoms with E-state index in [1.807, 2.05) is 42.2 Å². The van der Waals surface area contributed by atoms with E-state index < -0.39 is 11.2 Å². The largest absolute Gasteiger partial charge is 0.502 e. The first-order chi connectivity index (χ1) is 10.2. The van der Waals surface area contributed by atoms with E-state index in [-0.39, 0.29) is 12.6 Å². The van der Waals surface area contributed by atoms with Crippen LogP contribution in [0.4, 0.5) is 5.69 Å². The molecule has 0 aliphatic rings. The summed E-state index contributed by atoms with van der Waals surface area (Å²) in [6, 6.07) is 10.8. The van der Waals surface area contributed by atoms with Gasteiger partial charge in [-0.05, 0) is 18.6 Å². The van der Waals surface area contributed by atoms with E-state index in [1.165, 1.54) is 6.07 Å². The van der Waals surface area contributed by atoms with Gasteiger partial charge in [0.1, 0.15) is 12.0 Å². The maximum Gasteiger partial charge on any atom is 0.226 e. The fraction of sp³-hybridized carbons (Fsp3) is 0.312. The molecule has 2 aromatic rings. The highest BCUT2D eigenvalue weighted by molar-refractivity contribution is 5.47. The molecule has 2 N–H and O–H groups in total. The molecule has 1 heterocycles. The Kier molecular flexibility index (Phi) is 5.00. The van der Waals surface area contributed by atoms with Crippen molar-refractivity contribution in [3.63, 3.8) is 0 Å². The first-order valence-electron chi connectivity index (χ1n) is 6.89. The zero-order valence-electron chi connectivity index (χ0n) is 11.9. The van der Waals surface area contributed by atoms with Crippen molar-refractivity contribution >= 4 is 5.69 Å². The van der Waals surface area contributed by atoms with Crippen LogP contribution in [-0.4, -0.2) is 22.9 Å². The van der Waals surface area contributed by atoms with Gasteiger partial charge in [-0.25, -0.2) is 0 Å². The SMILES string of the molecule is CCC(CO)N(Cc1cc(=O)c(O)co1)c1ccccc1. The number of hydrogen-bond donors (Lipinski definition) is 2. The predicted octanol–water partition coefficient (Wildman–Crippen LogP) is 2.12. The third-order valence-corrected chi connectivity index (χ3v) is 3.40. The van der Waals surface area contributed by atoms with Crippen molar-refractivity contribution in [2.75, 3.05) is 11.5 Å². The van der Waals surface area contributed by atoms with Crippen molar-refractivity contribution in [3.05, 3.63) is 58.6 Å². The Morgan fingerprint density at radius 1 is 1.29 bits per heavy atom. The van der Waals surface area contributed by atoms with Crippen LogP contribution in [0.2, 0.25) is 0 Å². The molecule has 0 saturated heterocycles. The van der Waals surface area contributed by atoms with Gasteiger partial charge in [0, 0.05) is 11.8 Å². The number of nitrogens with zero attached hydrogens (tertiary/aromatic N) is 1. The Morgan fingerprint density at radius 3 is 2.57 bits per heavy atom. The second kappa shape index (κ2) is 6.95. The minimum Gasteiger partial charge on any atom is -0.502 e. The molecule has 1 aromatic carbocycles. The van der Waals surface area contributed by atoms with Crippen molar-refractivity contribution in [3.8, 4) is 5.75 Å². The molecule has 0 bridgehead atoms. The lowest BCUT2D eigenvalue weighted by molar-refractivity contribution is 0.253. The zero-order chi connectivity index (χ0) is 15.2. The Morgan fingerprint density at radius 2 is 2.00 bits per heavy atom. The third kappa shape index (κ3) is 3.64. The number of aromatic hydroxyl groups is 1. The molecule has 0 spiro atoms. The predicted molar refractivity (Wildman–Crippen MR) is 80.4 cm³/mol. The highest BCUT2D eigenvalue weighted by atomic mass is 16.4. The number of aliphatic hydroxyl groups is 1. The molecule has 21 heavy (non-hydrogen) atoms. The van der Waals surface area contributed by atoms with Gasteiger partial charge in [0.2, 0.25) is 5.43 Å². The minimum atomic E-state index is -0.471. The topological polar surface area (TPSA) is 73.9 Å².